The average molecular weight is 519 g/mol. The molecule has 3 fully saturated rings. The highest BCUT2D eigenvalue weighted by molar-refractivity contribution is 5.88. The number of hydrogen-bond donors (Lipinski definition) is 0. The first-order valence-electron chi connectivity index (χ1n) is 14.7. The molecule has 9 nitrogen and oxygen atoms in total. The summed E-state index contributed by atoms with van der Waals surface area (Å²) in [4.78, 5) is 14.8. The standard InChI is InChI=1S/C29H42N8O/c1-19-23-17-36(28-27-26(30-21(3)31-28)20(2)32-34(27)4)11-8-25(23)37(33-19)18-29-9-5-6-22(16-29)24(7-10-29)35-12-14-38-15-13-35/h22,24H,5-18H2,1-4H3. The molecule has 3 atom stereocenters. The molecule has 38 heavy (non-hydrogen) atoms. The topological polar surface area (TPSA) is 77.1 Å². The lowest BCUT2D eigenvalue weighted by Crippen LogP contribution is -2.53. The number of hydrogen-bond acceptors (Lipinski definition) is 7. The van der Waals surface area contributed by atoms with Gasteiger partial charge in [-0.15, -0.1) is 0 Å². The summed E-state index contributed by atoms with van der Waals surface area (Å²) in [6.45, 7) is 13.2. The Kier molecular flexibility index (Phi) is 6.00. The van der Waals surface area contributed by atoms with Crippen LogP contribution in [0.2, 0.25) is 0 Å². The van der Waals surface area contributed by atoms with Crippen LogP contribution in [0.4, 0.5) is 5.82 Å². The summed E-state index contributed by atoms with van der Waals surface area (Å²) in [7, 11) is 2.00. The van der Waals surface area contributed by atoms with Gasteiger partial charge in [0.2, 0.25) is 0 Å². The second-order valence-electron chi connectivity index (χ2n) is 12.5. The Morgan fingerprint density at radius 3 is 2.66 bits per heavy atom. The van der Waals surface area contributed by atoms with Crippen LogP contribution >= 0.6 is 0 Å². The molecular weight excluding hydrogens is 476 g/mol. The van der Waals surface area contributed by atoms with E-state index in [9.17, 15) is 0 Å². The maximum absolute atomic E-state index is 5.65. The van der Waals surface area contributed by atoms with Crippen molar-refractivity contribution < 1.29 is 4.74 Å². The number of aromatic nitrogens is 6. The lowest BCUT2D eigenvalue weighted by atomic mass is 9.60. The molecule has 4 aliphatic rings. The summed E-state index contributed by atoms with van der Waals surface area (Å²) in [6.07, 6.45) is 9.18. The van der Waals surface area contributed by atoms with Crippen molar-refractivity contribution in [1.29, 1.82) is 0 Å². The Morgan fingerprint density at radius 2 is 1.82 bits per heavy atom. The van der Waals surface area contributed by atoms with Gasteiger partial charge in [-0.05, 0) is 64.2 Å². The van der Waals surface area contributed by atoms with Crippen LogP contribution in [0.25, 0.3) is 11.0 Å². The maximum Gasteiger partial charge on any atom is 0.158 e. The third-order valence-corrected chi connectivity index (χ3v) is 10.1. The highest BCUT2D eigenvalue weighted by Crippen LogP contribution is 2.51. The molecule has 0 amide bonds. The van der Waals surface area contributed by atoms with Crippen LogP contribution in [0, 0.1) is 32.1 Å². The van der Waals surface area contributed by atoms with Gasteiger partial charge in [0.15, 0.2) is 5.82 Å². The van der Waals surface area contributed by atoms with E-state index < -0.39 is 0 Å². The number of nitrogens with zero attached hydrogens (tertiary/aromatic N) is 8. The first kappa shape index (κ1) is 24.5. The zero-order chi connectivity index (χ0) is 26.0. The first-order chi connectivity index (χ1) is 18.4. The van der Waals surface area contributed by atoms with Crippen molar-refractivity contribution in [3.05, 3.63) is 28.5 Å². The van der Waals surface area contributed by atoms with Crippen LogP contribution in [-0.2, 0) is 31.3 Å². The molecule has 0 spiro atoms. The van der Waals surface area contributed by atoms with Gasteiger partial charge in [0.25, 0.3) is 0 Å². The molecule has 0 aromatic carbocycles. The van der Waals surface area contributed by atoms with E-state index in [0.717, 1.165) is 92.7 Å². The summed E-state index contributed by atoms with van der Waals surface area (Å²) in [5, 5.41) is 9.82. The fraction of sp³-hybridized carbons (Fsp3) is 0.724. The van der Waals surface area contributed by atoms with E-state index in [1.54, 1.807) is 0 Å². The van der Waals surface area contributed by atoms with Crippen molar-refractivity contribution >= 4 is 16.9 Å². The van der Waals surface area contributed by atoms with E-state index in [4.69, 9.17) is 19.8 Å². The van der Waals surface area contributed by atoms with Crippen LogP contribution in [0.1, 0.15) is 67.0 Å². The zero-order valence-corrected chi connectivity index (χ0v) is 23.5. The van der Waals surface area contributed by atoms with Crippen LogP contribution < -0.4 is 4.90 Å². The molecule has 3 aromatic rings. The number of ether oxygens (including phenoxy) is 1. The van der Waals surface area contributed by atoms with Gasteiger partial charge in [-0.1, -0.05) is 6.42 Å². The van der Waals surface area contributed by atoms with Gasteiger partial charge >= 0.3 is 0 Å². The molecule has 1 saturated heterocycles. The quantitative estimate of drug-likeness (QED) is 0.521. The minimum atomic E-state index is 0.414. The minimum absolute atomic E-state index is 0.414. The predicted octanol–water partition coefficient (Wildman–Crippen LogP) is 3.72. The van der Waals surface area contributed by atoms with E-state index >= 15 is 0 Å². The first-order valence-corrected chi connectivity index (χ1v) is 14.7. The third-order valence-electron chi connectivity index (χ3n) is 10.1. The summed E-state index contributed by atoms with van der Waals surface area (Å²) >= 11 is 0. The average Bonchev–Trinajstić information content (AvgIpc) is 3.38. The number of fused-ring (bicyclic) bond motifs is 4. The summed E-state index contributed by atoms with van der Waals surface area (Å²) < 4.78 is 10.0. The number of rotatable bonds is 4. The molecule has 204 valence electrons. The monoisotopic (exact) mass is 518 g/mol. The van der Waals surface area contributed by atoms with E-state index in [2.05, 4.69) is 26.5 Å². The van der Waals surface area contributed by atoms with Crippen molar-refractivity contribution in [2.24, 2.45) is 18.4 Å². The van der Waals surface area contributed by atoms with Crippen LogP contribution in [0.5, 0.6) is 0 Å². The zero-order valence-electron chi connectivity index (χ0n) is 23.5. The van der Waals surface area contributed by atoms with Crippen LogP contribution in [0.15, 0.2) is 0 Å². The van der Waals surface area contributed by atoms with E-state index in [1.807, 2.05) is 25.6 Å². The largest absolute Gasteiger partial charge is 0.379 e. The predicted molar refractivity (Wildman–Crippen MR) is 147 cm³/mol. The minimum Gasteiger partial charge on any atom is -0.379 e. The van der Waals surface area contributed by atoms with Crippen LogP contribution in [0.3, 0.4) is 0 Å². The molecule has 0 N–H and O–H groups in total. The molecule has 7 rings (SSSR count). The fourth-order valence-corrected chi connectivity index (χ4v) is 8.29. The van der Waals surface area contributed by atoms with Gasteiger partial charge in [-0.25, -0.2) is 9.97 Å². The highest BCUT2D eigenvalue weighted by Gasteiger charge is 2.46. The molecule has 5 heterocycles. The summed E-state index contributed by atoms with van der Waals surface area (Å²) in [5.41, 5.74) is 7.40. The number of morpholine rings is 1. The highest BCUT2D eigenvalue weighted by atomic mass is 16.5. The van der Waals surface area contributed by atoms with E-state index in [1.165, 1.54) is 55.5 Å². The van der Waals surface area contributed by atoms with Gasteiger partial charge in [-0.2, -0.15) is 10.2 Å². The molecule has 2 saturated carbocycles. The molecule has 3 unspecified atom stereocenters. The third kappa shape index (κ3) is 4.04. The molecule has 2 aliphatic carbocycles. The maximum atomic E-state index is 5.65. The fourth-order valence-electron chi connectivity index (χ4n) is 8.29. The molecule has 9 heteroatoms. The second-order valence-corrected chi connectivity index (χ2v) is 12.5. The summed E-state index contributed by atoms with van der Waals surface area (Å²) in [6, 6.07) is 0.762. The van der Waals surface area contributed by atoms with Crippen molar-refractivity contribution in [3.8, 4) is 0 Å². The van der Waals surface area contributed by atoms with Crippen molar-refractivity contribution in [2.45, 2.75) is 84.8 Å². The van der Waals surface area contributed by atoms with Gasteiger partial charge in [0.1, 0.15) is 16.9 Å². The lowest BCUT2D eigenvalue weighted by Gasteiger charge is -2.52. The SMILES string of the molecule is Cc1nc(N2CCc3c(c(C)nn3CC34CCCC(C3)C(N3CCOCC3)CC4)C2)c2c(n1)c(C)nn2C. The van der Waals surface area contributed by atoms with Crippen molar-refractivity contribution in [1.82, 2.24) is 34.4 Å². The van der Waals surface area contributed by atoms with Gasteiger partial charge < -0.3 is 9.64 Å². The number of aryl methyl sites for hydroxylation is 4. The smallest absolute Gasteiger partial charge is 0.158 e. The summed E-state index contributed by atoms with van der Waals surface area (Å²) in [5.74, 6) is 2.65. The van der Waals surface area contributed by atoms with Crippen LogP contribution in [-0.4, -0.2) is 73.3 Å². The molecule has 3 aromatic heterocycles. The van der Waals surface area contributed by atoms with Gasteiger partial charge in [0, 0.05) is 63.5 Å². The molecule has 2 aliphatic heterocycles. The second kappa shape index (κ2) is 9.30. The van der Waals surface area contributed by atoms with Crippen molar-refractivity contribution in [2.75, 3.05) is 37.7 Å². The Labute approximate surface area is 225 Å². The van der Waals surface area contributed by atoms with Gasteiger partial charge in [0.05, 0.1) is 24.6 Å². The molecular formula is C29H42N8O. The van der Waals surface area contributed by atoms with E-state index in [0.29, 0.717) is 5.41 Å². The van der Waals surface area contributed by atoms with Gasteiger partial charge in [-0.3, -0.25) is 14.3 Å². The Hall–Kier alpha value is -2.52. The Balaban J connectivity index is 1.13. The Bertz CT molecular complexity index is 1350. The van der Waals surface area contributed by atoms with E-state index in [-0.39, 0.29) is 0 Å². The normalized spacial score (nSPS) is 28.2. The molecule has 2 bridgehead atoms. The van der Waals surface area contributed by atoms with Crippen molar-refractivity contribution in [3.63, 3.8) is 0 Å². The Morgan fingerprint density at radius 1 is 0.974 bits per heavy atom. The molecule has 0 radical (unpaired) electrons. The lowest BCUT2D eigenvalue weighted by molar-refractivity contribution is -0.0494. The number of anilines is 1.